The Morgan fingerprint density at radius 1 is 1.19 bits per heavy atom. The van der Waals surface area contributed by atoms with E-state index in [4.69, 9.17) is 5.73 Å². The second-order valence-electron chi connectivity index (χ2n) is 5.89. The number of guanidine groups is 1. The van der Waals surface area contributed by atoms with E-state index in [9.17, 15) is 4.79 Å². The minimum atomic E-state index is -0.404. The minimum Gasteiger partial charge on any atom is -0.366 e. The lowest BCUT2D eigenvalue weighted by atomic mass is 10.1. The van der Waals surface area contributed by atoms with E-state index in [1.165, 1.54) is 5.00 Å². The number of primary amides is 1. The van der Waals surface area contributed by atoms with Crippen molar-refractivity contribution >= 4 is 52.2 Å². The lowest BCUT2D eigenvalue weighted by Crippen LogP contribution is -2.52. The number of hydrogen-bond acceptors (Lipinski definition) is 4. The van der Waals surface area contributed by atoms with Gasteiger partial charge < -0.3 is 20.9 Å². The van der Waals surface area contributed by atoms with Crippen molar-refractivity contribution < 1.29 is 4.79 Å². The number of hydrogen-bond donors (Lipinski definition) is 2. The number of halogens is 1. The molecule has 0 atom stereocenters. The molecule has 0 unspecified atom stereocenters. The van der Waals surface area contributed by atoms with Gasteiger partial charge in [-0.05, 0) is 35.2 Å². The molecule has 1 aliphatic heterocycles. The Hall–Kier alpha value is -1.81. The Bertz CT molecular complexity index is 725. The third-order valence-corrected chi connectivity index (χ3v) is 5.23. The number of rotatable bonds is 4. The van der Waals surface area contributed by atoms with Crippen LogP contribution in [0.15, 0.2) is 46.8 Å². The number of nitrogens with two attached hydrogens (primary N) is 1. The summed E-state index contributed by atoms with van der Waals surface area (Å²) in [6, 6.07) is 11.6. The van der Waals surface area contributed by atoms with Crippen molar-refractivity contribution in [2.75, 3.05) is 38.1 Å². The van der Waals surface area contributed by atoms with Crippen LogP contribution in [0, 0.1) is 0 Å². The molecule has 0 spiro atoms. The van der Waals surface area contributed by atoms with Gasteiger partial charge in [-0.25, -0.2) is 0 Å². The average molecular weight is 485 g/mol. The highest BCUT2D eigenvalue weighted by Gasteiger charge is 2.20. The number of carbonyl (C=O) groups excluding carboxylic acids is 1. The second-order valence-corrected chi connectivity index (χ2v) is 6.81. The van der Waals surface area contributed by atoms with Crippen molar-refractivity contribution in [2.45, 2.75) is 6.54 Å². The quantitative estimate of drug-likeness (QED) is 0.396. The van der Waals surface area contributed by atoms with Crippen molar-refractivity contribution in [3.8, 4) is 0 Å². The van der Waals surface area contributed by atoms with Gasteiger partial charge in [-0.3, -0.25) is 9.79 Å². The molecule has 140 valence electrons. The molecule has 1 fully saturated rings. The summed E-state index contributed by atoms with van der Waals surface area (Å²) in [6.07, 6.45) is 0. The first kappa shape index (κ1) is 20.5. The van der Waals surface area contributed by atoms with Crippen molar-refractivity contribution in [1.29, 1.82) is 0 Å². The van der Waals surface area contributed by atoms with Crippen molar-refractivity contribution in [3.63, 3.8) is 0 Å². The van der Waals surface area contributed by atoms with E-state index in [2.05, 4.69) is 37.6 Å². The molecule has 2 aromatic rings. The maximum atomic E-state index is 11.1. The van der Waals surface area contributed by atoms with Crippen molar-refractivity contribution in [2.24, 2.45) is 10.7 Å². The smallest absolute Gasteiger partial charge is 0.248 e. The Morgan fingerprint density at radius 2 is 1.88 bits per heavy atom. The summed E-state index contributed by atoms with van der Waals surface area (Å²) in [5, 5.41) is 6.84. The molecular formula is C18H24IN5OS. The lowest BCUT2D eigenvalue weighted by molar-refractivity contribution is 0.100. The summed E-state index contributed by atoms with van der Waals surface area (Å²) >= 11 is 1.78. The highest BCUT2D eigenvalue weighted by Crippen LogP contribution is 2.22. The van der Waals surface area contributed by atoms with E-state index in [1.807, 2.05) is 19.2 Å². The van der Waals surface area contributed by atoms with Gasteiger partial charge in [0.1, 0.15) is 0 Å². The van der Waals surface area contributed by atoms with Gasteiger partial charge in [-0.15, -0.1) is 35.3 Å². The Labute approximate surface area is 175 Å². The number of aliphatic imine (C=N–C) groups is 1. The van der Waals surface area contributed by atoms with Gasteiger partial charge in [0.05, 0.1) is 5.00 Å². The fourth-order valence-electron chi connectivity index (χ4n) is 2.89. The van der Waals surface area contributed by atoms with Crippen LogP contribution >= 0.6 is 35.3 Å². The van der Waals surface area contributed by atoms with Crippen LogP contribution in [0.5, 0.6) is 0 Å². The van der Waals surface area contributed by atoms with E-state index < -0.39 is 5.91 Å². The van der Waals surface area contributed by atoms with E-state index in [0.717, 1.165) is 37.7 Å². The molecule has 6 nitrogen and oxygen atoms in total. The molecule has 0 aliphatic carbocycles. The maximum absolute atomic E-state index is 11.1. The Kier molecular flexibility index (Phi) is 7.70. The van der Waals surface area contributed by atoms with Crippen LogP contribution in [0.3, 0.4) is 0 Å². The molecule has 1 aliphatic rings. The summed E-state index contributed by atoms with van der Waals surface area (Å²) in [5.74, 6) is 0.503. The van der Waals surface area contributed by atoms with Gasteiger partial charge in [-0.1, -0.05) is 12.1 Å². The van der Waals surface area contributed by atoms with E-state index >= 15 is 0 Å². The van der Waals surface area contributed by atoms with E-state index in [1.54, 1.807) is 23.5 Å². The third-order valence-electron chi connectivity index (χ3n) is 4.30. The highest BCUT2D eigenvalue weighted by molar-refractivity contribution is 14.0. The number of anilines is 1. The minimum absolute atomic E-state index is 0. The number of thiophene rings is 1. The molecular weight excluding hydrogens is 461 g/mol. The first-order chi connectivity index (χ1) is 12.2. The first-order valence-electron chi connectivity index (χ1n) is 8.30. The maximum Gasteiger partial charge on any atom is 0.248 e. The summed E-state index contributed by atoms with van der Waals surface area (Å²) in [4.78, 5) is 20.2. The molecule has 8 heteroatoms. The summed E-state index contributed by atoms with van der Waals surface area (Å²) in [5.41, 5.74) is 6.88. The Balaban J connectivity index is 0.00000243. The molecule has 1 aromatic carbocycles. The van der Waals surface area contributed by atoms with Crippen LogP contribution in [0.2, 0.25) is 0 Å². The lowest BCUT2D eigenvalue weighted by Gasteiger charge is -2.37. The zero-order chi connectivity index (χ0) is 17.6. The van der Waals surface area contributed by atoms with Gasteiger partial charge in [0.15, 0.2) is 5.96 Å². The zero-order valence-corrected chi connectivity index (χ0v) is 17.9. The summed E-state index contributed by atoms with van der Waals surface area (Å²) in [7, 11) is 1.81. The largest absolute Gasteiger partial charge is 0.366 e. The molecule has 1 saturated heterocycles. The second kappa shape index (κ2) is 9.77. The van der Waals surface area contributed by atoms with Crippen molar-refractivity contribution in [1.82, 2.24) is 10.2 Å². The van der Waals surface area contributed by atoms with Crippen molar-refractivity contribution in [3.05, 3.63) is 52.9 Å². The molecule has 0 saturated carbocycles. The first-order valence-corrected chi connectivity index (χ1v) is 9.18. The topological polar surface area (TPSA) is 74.0 Å². The molecule has 0 bridgehead atoms. The number of nitrogens with zero attached hydrogens (tertiary/aromatic N) is 3. The van der Waals surface area contributed by atoms with Gasteiger partial charge in [0.2, 0.25) is 5.91 Å². The Morgan fingerprint density at radius 3 is 2.42 bits per heavy atom. The fourth-order valence-corrected chi connectivity index (χ4v) is 3.67. The molecule has 0 radical (unpaired) electrons. The summed E-state index contributed by atoms with van der Waals surface area (Å²) in [6.45, 7) is 4.54. The molecule has 1 amide bonds. The highest BCUT2D eigenvalue weighted by atomic mass is 127. The van der Waals surface area contributed by atoms with Crippen LogP contribution in [0.25, 0.3) is 0 Å². The molecule has 1 aromatic heterocycles. The van der Waals surface area contributed by atoms with Crippen LogP contribution < -0.4 is 16.0 Å². The van der Waals surface area contributed by atoms with E-state index in [-0.39, 0.29) is 24.0 Å². The van der Waals surface area contributed by atoms with Crippen LogP contribution in [-0.4, -0.2) is 50.0 Å². The molecule has 26 heavy (non-hydrogen) atoms. The van der Waals surface area contributed by atoms with Gasteiger partial charge in [0.25, 0.3) is 0 Å². The number of amides is 1. The van der Waals surface area contributed by atoms with Crippen LogP contribution in [0.1, 0.15) is 15.9 Å². The van der Waals surface area contributed by atoms with E-state index in [0.29, 0.717) is 12.1 Å². The number of nitrogens with one attached hydrogen (secondary N) is 1. The van der Waals surface area contributed by atoms with Crippen LogP contribution in [-0.2, 0) is 6.54 Å². The summed E-state index contributed by atoms with van der Waals surface area (Å²) < 4.78 is 0. The number of carbonyl (C=O) groups is 1. The van der Waals surface area contributed by atoms with Gasteiger partial charge >= 0.3 is 0 Å². The SMILES string of the molecule is CN=C(NCc1ccc(C(N)=O)cc1)N1CCN(c2cccs2)CC1.I. The predicted molar refractivity (Wildman–Crippen MR) is 119 cm³/mol. The number of benzene rings is 1. The standard InChI is InChI=1S/C18H23N5OS.HI/c1-20-18(21-13-14-4-6-15(7-5-14)17(19)24)23-10-8-22(9-11-23)16-3-2-12-25-16;/h2-7,12H,8-11,13H2,1H3,(H2,19,24)(H,20,21);1H. The molecule has 3 rings (SSSR count). The fraction of sp³-hybridized carbons (Fsp3) is 0.333. The monoisotopic (exact) mass is 485 g/mol. The molecule has 2 heterocycles. The van der Waals surface area contributed by atoms with Crippen LogP contribution in [0.4, 0.5) is 5.00 Å². The predicted octanol–water partition coefficient (Wildman–Crippen LogP) is 2.36. The normalized spacial score (nSPS) is 14.7. The zero-order valence-electron chi connectivity index (χ0n) is 14.7. The molecule has 3 N–H and O–H groups in total. The third kappa shape index (κ3) is 5.10. The van der Waals surface area contributed by atoms with Gasteiger partial charge in [0, 0.05) is 45.3 Å². The van der Waals surface area contributed by atoms with Gasteiger partial charge in [-0.2, -0.15) is 0 Å². The average Bonchev–Trinajstić information content (AvgIpc) is 3.18. The number of piperazine rings is 1.